The molecule has 4 aromatic rings. The van der Waals surface area contributed by atoms with Gasteiger partial charge in [0.1, 0.15) is 0 Å². The third kappa shape index (κ3) is 5.08. The van der Waals surface area contributed by atoms with Crippen LogP contribution in [-0.2, 0) is 10.0 Å². The summed E-state index contributed by atoms with van der Waals surface area (Å²) in [6, 6.07) is 23.7. The highest BCUT2D eigenvalue weighted by molar-refractivity contribution is 8.01. The Morgan fingerprint density at radius 1 is 0.750 bits per heavy atom. The molecule has 1 aliphatic carbocycles. The predicted molar refractivity (Wildman–Crippen MR) is 155 cm³/mol. The number of nitrogens with zero attached hydrogens (tertiary/aromatic N) is 3. The lowest BCUT2D eigenvalue weighted by Gasteiger charge is -2.35. The average Bonchev–Trinajstić information content (AvgIpc) is 3.00. The molecular weight excluding hydrogens is 524 g/mol. The predicted octanol–water partition coefficient (Wildman–Crippen LogP) is 2.96. The molecule has 2 heterocycles. The molecule has 1 aromatic heterocycles. The number of carbonyl (C=O) groups excluding carboxylic acids is 2. The monoisotopic (exact) mass is 552 g/mol. The minimum Gasteiger partial charge on any atom is -0.335 e. The number of anilines is 1. The Balaban J connectivity index is 1.10. The van der Waals surface area contributed by atoms with Crippen LogP contribution in [0.1, 0.15) is 33.6 Å². The molecular formula is C31H28N4O4S. The molecule has 0 spiro atoms. The van der Waals surface area contributed by atoms with Crippen LogP contribution in [0.15, 0.2) is 85.1 Å². The normalized spacial score (nSPS) is 15.3. The van der Waals surface area contributed by atoms with E-state index in [1.165, 1.54) is 0 Å². The molecule has 9 heteroatoms. The van der Waals surface area contributed by atoms with E-state index in [0.29, 0.717) is 61.2 Å². The Bertz CT molecular complexity index is 1840. The minimum absolute atomic E-state index is 0.0407. The van der Waals surface area contributed by atoms with E-state index < -0.39 is 10.0 Å². The summed E-state index contributed by atoms with van der Waals surface area (Å²) in [5.41, 5.74) is 1.48. The van der Waals surface area contributed by atoms with Gasteiger partial charge in [0.05, 0.1) is 10.3 Å². The van der Waals surface area contributed by atoms with Gasteiger partial charge in [-0.1, -0.05) is 42.5 Å². The van der Waals surface area contributed by atoms with Gasteiger partial charge in [-0.3, -0.25) is 19.3 Å². The summed E-state index contributed by atoms with van der Waals surface area (Å²) in [5, 5.41) is 3.40. The summed E-state index contributed by atoms with van der Waals surface area (Å²) < 4.78 is 28.9. The zero-order valence-corrected chi connectivity index (χ0v) is 22.6. The zero-order valence-electron chi connectivity index (χ0n) is 21.8. The lowest BCUT2D eigenvalue weighted by Crippen LogP contribution is -2.50. The Hall–Kier alpha value is -4.50. The number of nitrogens with one attached hydrogen (secondary N) is 1. The number of piperazine rings is 1. The van der Waals surface area contributed by atoms with Crippen molar-refractivity contribution in [2.24, 2.45) is 0 Å². The number of fused-ring (bicyclic) bond motifs is 2. The van der Waals surface area contributed by atoms with Crippen molar-refractivity contribution in [2.45, 2.75) is 12.8 Å². The molecule has 0 atom stereocenters. The summed E-state index contributed by atoms with van der Waals surface area (Å²) in [7, 11) is -3.80. The third-order valence-corrected chi connectivity index (χ3v) is 8.95. The standard InChI is InChI=1S/C31H28N4O4S/c36-30(34-17-19-35(20-18-34)31(37)26-11-10-22-5-1-2-6-25(22)21-26)24-12-14-27(15-13-24)33-40(38,39)28-9-3-7-23-8-4-16-32-29(23)28/h1-2,4-8,10-16,21,33H,3,9,17-20H2. The number of benzene rings is 3. The largest absolute Gasteiger partial charge is 0.335 e. The van der Waals surface area contributed by atoms with Gasteiger partial charge in [0.15, 0.2) is 0 Å². The molecule has 1 saturated heterocycles. The van der Waals surface area contributed by atoms with Crippen LogP contribution in [0.2, 0.25) is 0 Å². The molecule has 0 saturated carbocycles. The molecule has 1 aliphatic heterocycles. The highest BCUT2D eigenvalue weighted by Gasteiger charge is 2.26. The zero-order chi connectivity index (χ0) is 27.7. The van der Waals surface area contributed by atoms with E-state index in [1.807, 2.05) is 54.6 Å². The maximum absolute atomic E-state index is 13.1. The number of hydrogen-bond acceptors (Lipinski definition) is 5. The van der Waals surface area contributed by atoms with Gasteiger partial charge in [0, 0.05) is 49.2 Å². The van der Waals surface area contributed by atoms with Crippen LogP contribution in [0.5, 0.6) is 0 Å². The summed E-state index contributed by atoms with van der Waals surface area (Å²) in [6.07, 6.45) is 4.59. The summed E-state index contributed by atoms with van der Waals surface area (Å²) >= 11 is 0. The molecule has 2 amide bonds. The van der Waals surface area contributed by atoms with Crippen LogP contribution < -0.4 is 15.3 Å². The Labute approximate surface area is 232 Å². The average molecular weight is 553 g/mol. The molecule has 3 aromatic carbocycles. The van der Waals surface area contributed by atoms with Crippen molar-refractivity contribution in [3.05, 3.63) is 107 Å². The first kappa shape index (κ1) is 25.8. The Morgan fingerprint density at radius 3 is 2.12 bits per heavy atom. The van der Waals surface area contributed by atoms with Crippen molar-refractivity contribution in [2.75, 3.05) is 30.9 Å². The third-order valence-electron chi connectivity index (χ3n) is 7.40. The summed E-state index contributed by atoms with van der Waals surface area (Å²) in [4.78, 5) is 34.3. The smallest absolute Gasteiger partial charge is 0.260 e. The molecule has 8 nitrogen and oxygen atoms in total. The van der Waals surface area contributed by atoms with Gasteiger partial charge in [-0.15, -0.1) is 0 Å². The second-order valence-corrected chi connectivity index (χ2v) is 11.6. The number of rotatable bonds is 5. The first-order valence-electron chi connectivity index (χ1n) is 13.2. The van der Waals surface area contributed by atoms with Crippen molar-refractivity contribution >= 4 is 49.3 Å². The quantitative estimate of drug-likeness (QED) is 0.411. The number of aromatic nitrogens is 1. The van der Waals surface area contributed by atoms with Crippen molar-refractivity contribution < 1.29 is 18.0 Å². The molecule has 1 N–H and O–H groups in total. The number of carbonyl (C=O) groups is 2. The van der Waals surface area contributed by atoms with E-state index in [4.69, 9.17) is 0 Å². The van der Waals surface area contributed by atoms with Crippen LogP contribution >= 0.6 is 0 Å². The van der Waals surface area contributed by atoms with Gasteiger partial charge in [-0.05, 0) is 71.3 Å². The number of amides is 2. The lowest BCUT2D eigenvalue weighted by atomic mass is 10.1. The lowest BCUT2D eigenvalue weighted by molar-refractivity contribution is 0.0535. The molecule has 2 aliphatic rings. The number of hydrogen-bond donors (Lipinski definition) is 1. The molecule has 0 bridgehead atoms. The topological polar surface area (TPSA) is 99.7 Å². The molecule has 40 heavy (non-hydrogen) atoms. The Kier molecular flexibility index (Phi) is 6.81. The van der Waals surface area contributed by atoms with E-state index in [-0.39, 0.29) is 16.7 Å². The highest BCUT2D eigenvalue weighted by Crippen LogP contribution is 2.21. The summed E-state index contributed by atoms with van der Waals surface area (Å²) in [5.74, 6) is -0.191. The number of pyridine rings is 1. The van der Waals surface area contributed by atoms with Gasteiger partial charge >= 0.3 is 0 Å². The fraction of sp³-hybridized carbons (Fsp3) is 0.194. The van der Waals surface area contributed by atoms with Crippen molar-refractivity contribution in [1.82, 2.24) is 14.8 Å². The fourth-order valence-corrected chi connectivity index (χ4v) is 6.63. The minimum atomic E-state index is -3.80. The maximum Gasteiger partial charge on any atom is 0.260 e. The first-order chi connectivity index (χ1) is 19.4. The van der Waals surface area contributed by atoms with Gasteiger partial charge in [0.25, 0.3) is 21.8 Å². The van der Waals surface area contributed by atoms with Gasteiger partial charge in [-0.25, -0.2) is 8.42 Å². The van der Waals surface area contributed by atoms with Crippen molar-refractivity contribution in [3.63, 3.8) is 0 Å². The van der Waals surface area contributed by atoms with Crippen molar-refractivity contribution in [3.8, 4) is 0 Å². The SMILES string of the molecule is O=C(c1ccc(NS(=O)(=O)C2=c3ncccc3=CCC2)cc1)N1CCN(C(=O)c2ccc3ccccc3c2)CC1. The van der Waals surface area contributed by atoms with E-state index in [0.717, 1.165) is 16.0 Å². The molecule has 202 valence electrons. The highest BCUT2D eigenvalue weighted by atomic mass is 32.2. The summed E-state index contributed by atoms with van der Waals surface area (Å²) in [6.45, 7) is 1.74. The molecule has 0 unspecified atom stereocenters. The fourth-order valence-electron chi connectivity index (χ4n) is 5.25. The van der Waals surface area contributed by atoms with Crippen LogP contribution in [0.3, 0.4) is 0 Å². The maximum atomic E-state index is 13.1. The van der Waals surface area contributed by atoms with Crippen molar-refractivity contribution in [1.29, 1.82) is 0 Å². The van der Waals surface area contributed by atoms with Gasteiger partial charge in [-0.2, -0.15) is 0 Å². The number of sulfonamides is 1. The second-order valence-electron chi connectivity index (χ2n) is 9.94. The van der Waals surface area contributed by atoms with Gasteiger partial charge < -0.3 is 9.80 Å². The van der Waals surface area contributed by atoms with E-state index in [1.54, 1.807) is 46.3 Å². The van der Waals surface area contributed by atoms with Crippen LogP contribution in [0.4, 0.5) is 5.69 Å². The first-order valence-corrected chi connectivity index (χ1v) is 14.7. The molecule has 0 radical (unpaired) electrons. The van der Waals surface area contributed by atoms with Gasteiger partial charge in [0.2, 0.25) is 0 Å². The van der Waals surface area contributed by atoms with E-state index in [9.17, 15) is 18.0 Å². The van der Waals surface area contributed by atoms with E-state index >= 15 is 0 Å². The van der Waals surface area contributed by atoms with E-state index in [2.05, 4.69) is 9.71 Å². The van der Waals surface area contributed by atoms with Crippen LogP contribution in [0, 0.1) is 0 Å². The molecule has 6 rings (SSSR count). The van der Waals surface area contributed by atoms with Crippen LogP contribution in [-0.4, -0.2) is 61.2 Å². The second kappa shape index (κ2) is 10.6. The molecule has 1 fully saturated rings. The Morgan fingerprint density at radius 2 is 1.40 bits per heavy atom. The van der Waals surface area contributed by atoms with Crippen LogP contribution in [0.25, 0.3) is 21.8 Å².